The molecule has 4 heteroatoms. The van der Waals surface area contributed by atoms with Gasteiger partial charge in [0.25, 0.3) is 0 Å². The molecule has 19 heavy (non-hydrogen) atoms. The van der Waals surface area contributed by atoms with Gasteiger partial charge in [0.1, 0.15) is 0 Å². The molecule has 0 aliphatic carbocycles. The molecule has 0 saturated carbocycles. The van der Waals surface area contributed by atoms with E-state index in [9.17, 15) is 0 Å². The Hall–Kier alpha value is -1.42. The summed E-state index contributed by atoms with van der Waals surface area (Å²) in [5, 5.41) is 0.763. The van der Waals surface area contributed by atoms with Crippen molar-refractivity contribution in [3.8, 4) is 0 Å². The predicted octanol–water partition coefficient (Wildman–Crippen LogP) is 2.87. The number of halogens is 1. The number of hydrogen-bond acceptors (Lipinski definition) is 3. The van der Waals surface area contributed by atoms with E-state index in [1.165, 1.54) is 5.56 Å². The van der Waals surface area contributed by atoms with Crippen molar-refractivity contribution in [2.45, 2.75) is 12.6 Å². The molecule has 1 unspecified atom stereocenters. The lowest BCUT2D eigenvalue weighted by Crippen LogP contribution is -2.30. The fourth-order valence-corrected chi connectivity index (χ4v) is 2.44. The largest absolute Gasteiger partial charge is 0.329 e. The predicted molar refractivity (Wildman–Crippen MR) is 79.0 cm³/mol. The van der Waals surface area contributed by atoms with Crippen LogP contribution in [0.4, 0.5) is 0 Å². The summed E-state index contributed by atoms with van der Waals surface area (Å²) in [7, 11) is 2.06. The molecule has 1 atom stereocenters. The van der Waals surface area contributed by atoms with Gasteiger partial charge in [-0.25, -0.2) is 0 Å². The highest BCUT2D eigenvalue weighted by molar-refractivity contribution is 6.31. The van der Waals surface area contributed by atoms with Crippen molar-refractivity contribution in [2.75, 3.05) is 13.6 Å². The van der Waals surface area contributed by atoms with Crippen molar-refractivity contribution in [1.29, 1.82) is 0 Å². The lowest BCUT2D eigenvalue weighted by Gasteiger charge is -2.28. The summed E-state index contributed by atoms with van der Waals surface area (Å²) in [4.78, 5) is 6.23. The van der Waals surface area contributed by atoms with E-state index < -0.39 is 0 Å². The Labute approximate surface area is 119 Å². The first-order valence-electron chi connectivity index (χ1n) is 6.26. The molecule has 0 bridgehead atoms. The Balaban J connectivity index is 2.16. The summed E-state index contributed by atoms with van der Waals surface area (Å²) >= 11 is 6.25. The maximum absolute atomic E-state index is 6.25. The lowest BCUT2D eigenvalue weighted by atomic mass is 10.1. The third kappa shape index (κ3) is 3.53. The number of rotatable bonds is 5. The number of pyridine rings is 1. The fourth-order valence-electron chi connectivity index (χ4n) is 2.18. The first-order valence-corrected chi connectivity index (χ1v) is 6.64. The number of nitrogens with zero attached hydrogens (tertiary/aromatic N) is 2. The minimum Gasteiger partial charge on any atom is -0.329 e. The second-order valence-electron chi connectivity index (χ2n) is 4.54. The Bertz CT molecular complexity index is 516. The molecule has 0 amide bonds. The van der Waals surface area contributed by atoms with Crippen molar-refractivity contribution in [3.63, 3.8) is 0 Å². The highest BCUT2D eigenvalue weighted by atomic mass is 35.5. The molecule has 1 heterocycles. The highest BCUT2D eigenvalue weighted by Gasteiger charge is 2.17. The average Bonchev–Trinajstić information content (AvgIpc) is 2.43. The van der Waals surface area contributed by atoms with Crippen LogP contribution in [-0.4, -0.2) is 23.5 Å². The van der Waals surface area contributed by atoms with E-state index in [-0.39, 0.29) is 6.04 Å². The van der Waals surface area contributed by atoms with E-state index in [4.69, 9.17) is 17.3 Å². The zero-order chi connectivity index (χ0) is 13.7. The summed E-state index contributed by atoms with van der Waals surface area (Å²) in [6.45, 7) is 1.35. The Morgan fingerprint density at radius 1 is 1.21 bits per heavy atom. The van der Waals surface area contributed by atoms with E-state index in [1.807, 2.05) is 36.4 Å². The van der Waals surface area contributed by atoms with Crippen molar-refractivity contribution in [1.82, 2.24) is 9.88 Å². The summed E-state index contributed by atoms with van der Waals surface area (Å²) in [5.74, 6) is 0. The van der Waals surface area contributed by atoms with E-state index in [0.717, 1.165) is 17.1 Å². The van der Waals surface area contributed by atoms with Crippen LogP contribution in [0.25, 0.3) is 0 Å². The monoisotopic (exact) mass is 275 g/mol. The van der Waals surface area contributed by atoms with Gasteiger partial charge in [-0.1, -0.05) is 29.8 Å². The van der Waals surface area contributed by atoms with Gasteiger partial charge in [0.05, 0.1) is 0 Å². The molecule has 1 aromatic carbocycles. The first-order chi connectivity index (χ1) is 9.22. The zero-order valence-corrected chi connectivity index (χ0v) is 11.7. The number of aromatic nitrogens is 1. The maximum atomic E-state index is 6.25. The van der Waals surface area contributed by atoms with Gasteiger partial charge in [-0.3, -0.25) is 9.88 Å². The first kappa shape index (κ1) is 14.0. The molecular weight excluding hydrogens is 258 g/mol. The third-order valence-electron chi connectivity index (χ3n) is 3.20. The number of benzene rings is 1. The van der Waals surface area contributed by atoms with Gasteiger partial charge in [0, 0.05) is 36.5 Å². The van der Waals surface area contributed by atoms with Gasteiger partial charge < -0.3 is 5.73 Å². The molecule has 0 fully saturated rings. The molecule has 0 aliphatic heterocycles. The van der Waals surface area contributed by atoms with Crippen LogP contribution < -0.4 is 5.73 Å². The topological polar surface area (TPSA) is 42.2 Å². The molecule has 100 valence electrons. The highest BCUT2D eigenvalue weighted by Crippen LogP contribution is 2.26. The normalized spacial score (nSPS) is 12.6. The molecule has 3 nitrogen and oxygen atoms in total. The van der Waals surface area contributed by atoms with Gasteiger partial charge >= 0.3 is 0 Å². The summed E-state index contributed by atoms with van der Waals surface area (Å²) < 4.78 is 0. The molecule has 2 N–H and O–H groups in total. The van der Waals surface area contributed by atoms with E-state index in [1.54, 1.807) is 12.4 Å². The molecule has 2 aromatic rings. The SMILES string of the molecule is CN(Cc1ccncc1)C(CN)c1ccccc1Cl. The fraction of sp³-hybridized carbons (Fsp3) is 0.267. The lowest BCUT2D eigenvalue weighted by molar-refractivity contribution is 0.242. The quantitative estimate of drug-likeness (QED) is 0.912. The molecular formula is C15H18ClN3. The van der Waals surface area contributed by atoms with Gasteiger partial charge in [0.2, 0.25) is 0 Å². The smallest absolute Gasteiger partial charge is 0.0485 e. The molecule has 0 spiro atoms. The van der Waals surface area contributed by atoms with E-state index in [0.29, 0.717) is 6.54 Å². The summed E-state index contributed by atoms with van der Waals surface area (Å²) in [6, 6.07) is 12.0. The van der Waals surface area contributed by atoms with Crippen LogP contribution in [0.15, 0.2) is 48.8 Å². The number of nitrogens with two attached hydrogens (primary N) is 1. The zero-order valence-electron chi connectivity index (χ0n) is 11.0. The minimum absolute atomic E-state index is 0.113. The molecule has 0 saturated heterocycles. The van der Waals surface area contributed by atoms with Gasteiger partial charge in [-0.2, -0.15) is 0 Å². The van der Waals surface area contributed by atoms with Crippen LogP contribution in [0.5, 0.6) is 0 Å². The van der Waals surface area contributed by atoms with E-state index >= 15 is 0 Å². The van der Waals surface area contributed by atoms with Crippen LogP contribution in [0.3, 0.4) is 0 Å². The maximum Gasteiger partial charge on any atom is 0.0485 e. The van der Waals surface area contributed by atoms with Crippen LogP contribution in [0, 0.1) is 0 Å². The van der Waals surface area contributed by atoms with Crippen molar-refractivity contribution in [3.05, 3.63) is 64.9 Å². The summed E-state index contributed by atoms with van der Waals surface area (Å²) in [5.41, 5.74) is 8.20. The Morgan fingerprint density at radius 2 is 1.89 bits per heavy atom. The van der Waals surface area contributed by atoms with Crippen molar-refractivity contribution >= 4 is 11.6 Å². The van der Waals surface area contributed by atoms with E-state index in [2.05, 4.69) is 16.9 Å². The second-order valence-corrected chi connectivity index (χ2v) is 4.95. The van der Waals surface area contributed by atoms with Gasteiger partial charge in [-0.15, -0.1) is 0 Å². The standard InChI is InChI=1S/C15H18ClN3/c1-19(11-12-6-8-18-9-7-12)15(10-17)13-4-2-3-5-14(13)16/h2-9,15H,10-11,17H2,1H3. The number of likely N-dealkylation sites (N-methyl/N-ethyl adjacent to an activating group) is 1. The molecule has 0 radical (unpaired) electrons. The number of hydrogen-bond donors (Lipinski definition) is 1. The van der Waals surface area contributed by atoms with Crippen molar-refractivity contribution < 1.29 is 0 Å². The van der Waals surface area contributed by atoms with Gasteiger partial charge in [-0.05, 0) is 36.4 Å². The Morgan fingerprint density at radius 3 is 2.53 bits per heavy atom. The molecule has 0 aliphatic rings. The van der Waals surface area contributed by atoms with Gasteiger partial charge in [0.15, 0.2) is 0 Å². The van der Waals surface area contributed by atoms with Crippen LogP contribution in [0.2, 0.25) is 5.02 Å². The third-order valence-corrected chi connectivity index (χ3v) is 3.55. The molecule has 1 aromatic heterocycles. The Kier molecular flexibility index (Phi) is 4.91. The van der Waals surface area contributed by atoms with Crippen LogP contribution in [0.1, 0.15) is 17.2 Å². The minimum atomic E-state index is 0.113. The average molecular weight is 276 g/mol. The van der Waals surface area contributed by atoms with Crippen LogP contribution >= 0.6 is 11.6 Å². The van der Waals surface area contributed by atoms with Crippen LogP contribution in [-0.2, 0) is 6.54 Å². The summed E-state index contributed by atoms with van der Waals surface area (Å²) in [6.07, 6.45) is 3.60. The second kappa shape index (κ2) is 6.66. The van der Waals surface area contributed by atoms with Crippen molar-refractivity contribution in [2.24, 2.45) is 5.73 Å². The molecule has 2 rings (SSSR count).